The Bertz CT molecular complexity index is 889. The molecule has 0 unspecified atom stereocenters. The van der Waals surface area contributed by atoms with Crippen LogP contribution in [0.15, 0.2) is 30.3 Å². The van der Waals surface area contributed by atoms with Crippen LogP contribution in [-0.2, 0) is 11.2 Å². The summed E-state index contributed by atoms with van der Waals surface area (Å²) in [5.41, 5.74) is 1.32. The standard InChI is InChI=1S/C18H15ClF2N2O3/c19-12-7-9(1-4-13(12)20)22-18(26)11-2-5-14(21)17-10(11)3-6-15(17)23-16(25)8-24/h1-2,4-5,7,15,24H,3,6,8H2,(H,22,26)(H,23,25)/t15-/m0/s1. The number of anilines is 1. The Morgan fingerprint density at radius 3 is 2.62 bits per heavy atom. The van der Waals surface area contributed by atoms with Gasteiger partial charge in [-0.15, -0.1) is 0 Å². The molecule has 136 valence electrons. The normalized spacial score (nSPS) is 15.5. The highest BCUT2D eigenvalue weighted by atomic mass is 35.5. The number of halogens is 3. The minimum Gasteiger partial charge on any atom is -0.387 e. The largest absolute Gasteiger partial charge is 0.387 e. The molecule has 8 heteroatoms. The van der Waals surface area contributed by atoms with Crippen LogP contribution >= 0.6 is 11.6 Å². The van der Waals surface area contributed by atoms with Gasteiger partial charge in [-0.1, -0.05) is 11.6 Å². The Labute approximate surface area is 153 Å². The van der Waals surface area contributed by atoms with E-state index in [0.717, 1.165) is 12.1 Å². The molecule has 0 aromatic heterocycles. The molecule has 1 atom stereocenters. The number of hydrogen-bond donors (Lipinski definition) is 3. The highest BCUT2D eigenvalue weighted by molar-refractivity contribution is 6.31. The van der Waals surface area contributed by atoms with Crippen LogP contribution in [0.4, 0.5) is 14.5 Å². The minimum atomic E-state index is -0.695. The molecular weight excluding hydrogens is 366 g/mol. The predicted molar refractivity (Wildman–Crippen MR) is 92.1 cm³/mol. The third-order valence-corrected chi connectivity index (χ3v) is 4.53. The molecule has 0 saturated heterocycles. The topological polar surface area (TPSA) is 78.4 Å². The lowest BCUT2D eigenvalue weighted by Gasteiger charge is -2.15. The third kappa shape index (κ3) is 3.54. The molecule has 1 aliphatic rings. The third-order valence-electron chi connectivity index (χ3n) is 4.24. The van der Waals surface area contributed by atoms with Gasteiger partial charge in [-0.05, 0) is 48.7 Å². The number of benzene rings is 2. The molecule has 3 rings (SSSR count). The van der Waals surface area contributed by atoms with Crippen LogP contribution in [0.25, 0.3) is 0 Å². The highest BCUT2D eigenvalue weighted by Crippen LogP contribution is 2.35. The minimum absolute atomic E-state index is 0.126. The van der Waals surface area contributed by atoms with E-state index in [0.29, 0.717) is 24.1 Å². The van der Waals surface area contributed by atoms with E-state index in [4.69, 9.17) is 16.7 Å². The van der Waals surface area contributed by atoms with Crippen LogP contribution in [0.2, 0.25) is 5.02 Å². The monoisotopic (exact) mass is 380 g/mol. The van der Waals surface area contributed by atoms with Gasteiger partial charge in [-0.2, -0.15) is 0 Å². The van der Waals surface area contributed by atoms with E-state index in [2.05, 4.69) is 10.6 Å². The summed E-state index contributed by atoms with van der Waals surface area (Å²) < 4.78 is 27.5. The summed E-state index contributed by atoms with van der Waals surface area (Å²) in [6, 6.07) is 5.71. The predicted octanol–water partition coefficient (Wildman–Crippen LogP) is 2.97. The second-order valence-corrected chi connectivity index (χ2v) is 6.29. The van der Waals surface area contributed by atoms with E-state index in [-0.39, 0.29) is 16.1 Å². The zero-order valence-electron chi connectivity index (χ0n) is 13.5. The van der Waals surface area contributed by atoms with E-state index in [1.54, 1.807) is 0 Å². The average molecular weight is 381 g/mol. The van der Waals surface area contributed by atoms with Crippen molar-refractivity contribution in [3.05, 3.63) is 63.7 Å². The number of carbonyl (C=O) groups is 2. The summed E-state index contributed by atoms with van der Waals surface area (Å²) in [6.45, 7) is -0.695. The molecule has 5 nitrogen and oxygen atoms in total. The first-order valence-electron chi connectivity index (χ1n) is 7.88. The Morgan fingerprint density at radius 1 is 1.19 bits per heavy atom. The number of hydrogen-bond acceptors (Lipinski definition) is 3. The van der Waals surface area contributed by atoms with E-state index in [1.807, 2.05) is 0 Å². The molecular formula is C18H15ClF2N2O3. The molecule has 3 N–H and O–H groups in total. The second-order valence-electron chi connectivity index (χ2n) is 5.89. The van der Waals surface area contributed by atoms with Gasteiger partial charge < -0.3 is 15.7 Å². The molecule has 0 radical (unpaired) electrons. The maximum Gasteiger partial charge on any atom is 0.255 e. The van der Waals surface area contributed by atoms with Gasteiger partial charge in [-0.25, -0.2) is 8.78 Å². The molecule has 2 aromatic carbocycles. The van der Waals surface area contributed by atoms with Crippen molar-refractivity contribution in [1.82, 2.24) is 5.32 Å². The average Bonchev–Trinajstić information content (AvgIpc) is 3.02. The van der Waals surface area contributed by atoms with E-state index in [9.17, 15) is 18.4 Å². The summed E-state index contributed by atoms with van der Waals surface area (Å²) in [6.07, 6.45) is 0.820. The van der Waals surface area contributed by atoms with Crippen molar-refractivity contribution in [3.63, 3.8) is 0 Å². The number of carbonyl (C=O) groups excluding carboxylic acids is 2. The lowest BCUT2D eigenvalue weighted by molar-refractivity contribution is -0.124. The number of rotatable bonds is 4. The molecule has 0 bridgehead atoms. The molecule has 26 heavy (non-hydrogen) atoms. The summed E-state index contributed by atoms with van der Waals surface area (Å²) in [4.78, 5) is 24.0. The fourth-order valence-corrected chi connectivity index (χ4v) is 3.27. The summed E-state index contributed by atoms with van der Waals surface area (Å²) in [5, 5.41) is 13.9. The maximum atomic E-state index is 14.3. The Kier molecular flexibility index (Phi) is 5.20. The van der Waals surface area contributed by atoms with E-state index >= 15 is 0 Å². The zero-order valence-corrected chi connectivity index (χ0v) is 14.2. The molecule has 0 fully saturated rings. The Morgan fingerprint density at radius 2 is 1.92 bits per heavy atom. The van der Waals surface area contributed by atoms with Crippen molar-refractivity contribution in [1.29, 1.82) is 0 Å². The van der Waals surface area contributed by atoms with Gasteiger partial charge in [0.2, 0.25) is 5.91 Å². The van der Waals surface area contributed by atoms with Crippen LogP contribution in [0, 0.1) is 11.6 Å². The lowest BCUT2D eigenvalue weighted by Crippen LogP contribution is -2.30. The van der Waals surface area contributed by atoms with Crippen LogP contribution < -0.4 is 10.6 Å². The smallest absolute Gasteiger partial charge is 0.255 e. The van der Waals surface area contributed by atoms with Gasteiger partial charge in [-0.3, -0.25) is 9.59 Å². The molecule has 0 aliphatic heterocycles. The van der Waals surface area contributed by atoms with Gasteiger partial charge in [0.15, 0.2) is 0 Å². The van der Waals surface area contributed by atoms with E-state index < -0.39 is 36.1 Å². The SMILES string of the molecule is O=C(CO)N[C@H]1CCc2c(C(=O)Nc3ccc(F)c(Cl)c3)ccc(F)c21. The summed E-state index contributed by atoms with van der Waals surface area (Å²) in [5.74, 6) is -2.23. The first-order chi connectivity index (χ1) is 12.4. The first kappa shape index (κ1) is 18.3. The van der Waals surface area contributed by atoms with Gasteiger partial charge in [0.1, 0.15) is 18.2 Å². The van der Waals surface area contributed by atoms with Crippen molar-refractivity contribution in [2.24, 2.45) is 0 Å². The highest BCUT2D eigenvalue weighted by Gasteiger charge is 2.30. The number of aliphatic hydroxyl groups excluding tert-OH is 1. The molecule has 0 saturated carbocycles. The zero-order chi connectivity index (χ0) is 18.8. The van der Waals surface area contributed by atoms with Crippen LogP contribution in [0.3, 0.4) is 0 Å². The fourth-order valence-electron chi connectivity index (χ4n) is 3.08. The van der Waals surface area contributed by atoms with Crippen molar-refractivity contribution in [2.75, 3.05) is 11.9 Å². The van der Waals surface area contributed by atoms with Crippen molar-refractivity contribution in [2.45, 2.75) is 18.9 Å². The second kappa shape index (κ2) is 7.39. The first-order valence-corrected chi connectivity index (χ1v) is 8.26. The van der Waals surface area contributed by atoms with Crippen LogP contribution in [0.1, 0.15) is 33.9 Å². The van der Waals surface area contributed by atoms with Gasteiger partial charge in [0.25, 0.3) is 5.91 Å². The summed E-state index contributed by atoms with van der Waals surface area (Å²) >= 11 is 5.70. The van der Waals surface area contributed by atoms with Crippen molar-refractivity contribution >= 4 is 29.1 Å². The molecule has 2 aromatic rings. The maximum absolute atomic E-state index is 14.3. The van der Waals surface area contributed by atoms with Gasteiger partial charge in [0.05, 0.1) is 11.1 Å². The van der Waals surface area contributed by atoms with Crippen molar-refractivity contribution in [3.8, 4) is 0 Å². The van der Waals surface area contributed by atoms with E-state index in [1.165, 1.54) is 18.2 Å². The van der Waals surface area contributed by atoms with Crippen LogP contribution in [-0.4, -0.2) is 23.5 Å². The molecule has 0 heterocycles. The lowest BCUT2D eigenvalue weighted by atomic mass is 10.0. The van der Waals surface area contributed by atoms with Gasteiger partial charge in [0, 0.05) is 16.8 Å². The number of nitrogens with one attached hydrogen (secondary N) is 2. The van der Waals surface area contributed by atoms with Crippen molar-refractivity contribution < 1.29 is 23.5 Å². The number of aliphatic hydroxyl groups is 1. The number of amides is 2. The summed E-state index contributed by atoms with van der Waals surface area (Å²) in [7, 11) is 0. The quantitative estimate of drug-likeness (QED) is 0.763. The van der Waals surface area contributed by atoms with Crippen LogP contribution in [0.5, 0.6) is 0 Å². The Balaban J connectivity index is 1.88. The molecule has 2 amide bonds. The van der Waals surface area contributed by atoms with Gasteiger partial charge >= 0.3 is 0 Å². The Hall–Kier alpha value is -2.51. The molecule has 0 spiro atoms. The molecule has 1 aliphatic carbocycles. The fraction of sp³-hybridized carbons (Fsp3) is 0.222. The number of fused-ring (bicyclic) bond motifs is 1.